The minimum Gasteiger partial charge on any atom is -0.644 e. The van der Waals surface area contributed by atoms with Crippen LogP contribution in [0.25, 0.3) is 5.32 Å². The van der Waals surface area contributed by atoms with E-state index in [1.165, 1.54) is 24.5 Å². The third-order valence-electron chi connectivity index (χ3n) is 4.26. The van der Waals surface area contributed by atoms with Gasteiger partial charge >= 0.3 is 24.8 Å². The number of benzene rings is 2. The smallest absolute Gasteiger partial charge is 0.644 e. The Morgan fingerprint density at radius 1 is 1.03 bits per heavy atom. The van der Waals surface area contributed by atoms with Crippen molar-refractivity contribution >= 4 is 23.6 Å². The minimum atomic E-state index is -1.04. The van der Waals surface area contributed by atoms with Crippen molar-refractivity contribution in [2.45, 2.75) is 13.0 Å². The van der Waals surface area contributed by atoms with E-state index in [9.17, 15) is 14.4 Å². The Balaban J connectivity index is 0.00000363. The average molecular weight is 426 g/mol. The van der Waals surface area contributed by atoms with Crippen LogP contribution in [0, 0.1) is 0 Å². The number of aromatic nitrogens is 2. The second-order valence-electron chi connectivity index (χ2n) is 6.49. The molecule has 2 N–H and O–H groups in total. The van der Waals surface area contributed by atoms with E-state index >= 15 is 0 Å². The predicted octanol–water partition coefficient (Wildman–Crippen LogP) is 0.0827. The van der Waals surface area contributed by atoms with Crippen LogP contribution >= 0.6 is 0 Å². The van der Waals surface area contributed by atoms with E-state index in [0.29, 0.717) is 11.3 Å². The van der Waals surface area contributed by atoms with E-state index in [1.54, 1.807) is 31.4 Å². The Labute approximate surface area is 196 Å². The molecule has 2 aromatic carbocycles. The zero-order valence-corrected chi connectivity index (χ0v) is 17.6. The number of hydrogen-bond acceptors (Lipinski definition) is 6. The summed E-state index contributed by atoms with van der Waals surface area (Å²) >= 11 is 0. The molecule has 0 saturated carbocycles. The Morgan fingerprint density at radius 3 is 2.47 bits per heavy atom. The fourth-order valence-electron chi connectivity index (χ4n) is 2.70. The van der Waals surface area contributed by atoms with E-state index in [2.05, 4.69) is 20.6 Å². The van der Waals surface area contributed by atoms with Gasteiger partial charge in [-0.25, -0.2) is 14.8 Å². The summed E-state index contributed by atoms with van der Waals surface area (Å²) in [4.78, 5) is 43.3. The normalized spacial score (nSPS) is 9.91. The zero-order chi connectivity index (χ0) is 22.2. The van der Waals surface area contributed by atoms with Crippen LogP contribution < -0.4 is 28.9 Å². The summed E-state index contributed by atoms with van der Waals surface area (Å²) < 4.78 is 5.14. The summed E-state index contributed by atoms with van der Waals surface area (Å²) in [5.41, 5.74) is 1.64. The molecule has 0 saturated heterocycles. The molecule has 1 aromatic heterocycles. The molecule has 3 aromatic rings. The van der Waals surface area contributed by atoms with Gasteiger partial charge < -0.3 is 25.3 Å². The van der Waals surface area contributed by atoms with Gasteiger partial charge in [-0.2, -0.15) is 0 Å². The second-order valence-corrected chi connectivity index (χ2v) is 6.49. The van der Waals surface area contributed by atoms with Crippen molar-refractivity contribution in [1.29, 1.82) is 0 Å². The largest absolute Gasteiger partial charge is 1.00 e. The van der Waals surface area contributed by atoms with Crippen molar-refractivity contribution in [1.82, 2.24) is 9.97 Å². The molecule has 0 aliphatic heterocycles. The fourth-order valence-corrected chi connectivity index (χ4v) is 2.70. The molecule has 0 spiro atoms. The van der Waals surface area contributed by atoms with Crippen LogP contribution in [0.1, 0.15) is 32.0 Å². The van der Waals surface area contributed by atoms with Gasteiger partial charge in [0.25, 0.3) is 0 Å². The van der Waals surface area contributed by atoms with Gasteiger partial charge in [0, 0.05) is 6.07 Å². The number of carboxylic acids is 1. The van der Waals surface area contributed by atoms with Gasteiger partial charge in [0.05, 0.1) is 24.8 Å². The van der Waals surface area contributed by atoms with Crippen molar-refractivity contribution in [2.24, 2.45) is 0 Å². The molecule has 32 heavy (non-hydrogen) atoms. The molecule has 3 rings (SSSR count). The summed E-state index contributed by atoms with van der Waals surface area (Å²) in [6.45, 7) is 0.161. The Hall–Kier alpha value is -3.67. The summed E-state index contributed by atoms with van der Waals surface area (Å²) in [6, 6.07) is 14.5. The quantitative estimate of drug-likeness (QED) is 0.488. The first-order valence-electron chi connectivity index (χ1n) is 9.23. The SMILES string of the molecule is COc1cccc(C[N-]C(=O)c2cc(NC(=O)Cc3ccc(C(=O)O)cc3)ncn2)c1.[Li+]. The number of hydrogen-bond donors (Lipinski definition) is 2. The summed E-state index contributed by atoms with van der Waals surface area (Å²) in [5, 5.41) is 15.5. The average Bonchev–Trinajstić information content (AvgIpc) is 2.78. The molecular weight excluding hydrogens is 407 g/mol. The number of amides is 2. The molecule has 9 nitrogen and oxygen atoms in total. The molecule has 0 atom stereocenters. The molecule has 0 unspecified atom stereocenters. The number of carbonyl (C=O) groups excluding carboxylic acids is 2. The molecule has 0 aliphatic carbocycles. The van der Waals surface area contributed by atoms with Crippen LogP contribution in [0.5, 0.6) is 5.75 Å². The third-order valence-corrected chi connectivity index (χ3v) is 4.26. The Bertz CT molecular complexity index is 1110. The number of carboxylic acid groups (broad SMARTS) is 1. The molecule has 0 fully saturated rings. The van der Waals surface area contributed by atoms with E-state index < -0.39 is 11.9 Å². The van der Waals surface area contributed by atoms with E-state index in [-0.39, 0.29) is 54.8 Å². The van der Waals surface area contributed by atoms with Crippen LogP contribution in [0.2, 0.25) is 0 Å². The molecule has 10 heteroatoms. The molecular formula is C22H19LiN4O5. The minimum absolute atomic E-state index is 0. The number of methoxy groups -OCH3 is 1. The monoisotopic (exact) mass is 426 g/mol. The summed E-state index contributed by atoms with van der Waals surface area (Å²) in [7, 11) is 1.56. The van der Waals surface area contributed by atoms with Crippen molar-refractivity contribution in [3.05, 3.63) is 88.6 Å². The molecule has 0 aliphatic rings. The number of nitrogens with one attached hydrogen (secondary N) is 1. The summed E-state index contributed by atoms with van der Waals surface area (Å²) in [6.07, 6.45) is 1.19. The number of anilines is 1. The Morgan fingerprint density at radius 2 is 1.78 bits per heavy atom. The summed E-state index contributed by atoms with van der Waals surface area (Å²) in [5.74, 6) is -1.10. The van der Waals surface area contributed by atoms with Gasteiger partial charge in [0.15, 0.2) is 0 Å². The van der Waals surface area contributed by atoms with Gasteiger partial charge in [-0.3, -0.25) is 4.79 Å². The van der Waals surface area contributed by atoms with Crippen LogP contribution in [-0.2, 0) is 17.8 Å². The van der Waals surface area contributed by atoms with Crippen LogP contribution in [0.15, 0.2) is 60.9 Å². The number of aromatic carboxylic acids is 1. The second kappa shape index (κ2) is 11.6. The zero-order valence-electron chi connectivity index (χ0n) is 17.6. The van der Waals surface area contributed by atoms with Crippen LogP contribution in [0.3, 0.4) is 0 Å². The maximum atomic E-state index is 12.3. The topological polar surface area (TPSA) is 133 Å². The first kappa shape index (κ1) is 24.6. The fraction of sp³-hybridized carbons (Fsp3) is 0.136. The maximum Gasteiger partial charge on any atom is 1.00 e. The van der Waals surface area contributed by atoms with Gasteiger partial charge in [-0.15, -0.1) is 6.54 Å². The van der Waals surface area contributed by atoms with E-state index in [4.69, 9.17) is 9.84 Å². The van der Waals surface area contributed by atoms with Gasteiger partial charge in [0.1, 0.15) is 23.8 Å². The van der Waals surface area contributed by atoms with Crippen LogP contribution in [-0.4, -0.2) is 40.0 Å². The first-order valence-corrected chi connectivity index (χ1v) is 9.23. The third kappa shape index (κ3) is 6.94. The number of carbonyl (C=O) groups is 3. The van der Waals surface area contributed by atoms with Crippen molar-refractivity contribution in [2.75, 3.05) is 12.4 Å². The van der Waals surface area contributed by atoms with Crippen molar-refractivity contribution in [3.63, 3.8) is 0 Å². The van der Waals surface area contributed by atoms with Gasteiger partial charge in [-0.1, -0.05) is 29.8 Å². The number of nitrogens with zero attached hydrogens (tertiary/aromatic N) is 3. The molecule has 1 heterocycles. The number of rotatable bonds is 8. The van der Waals surface area contributed by atoms with Crippen LogP contribution in [0.4, 0.5) is 5.82 Å². The standard InChI is InChI=1S/C22H20N4O5.Li/c1-31-17-4-2-3-15(9-17)12-23-21(28)18-11-19(25-13-24-18)26-20(27)10-14-5-7-16(8-6-14)22(29)30;/h2-9,11,13H,10,12H2,1H3,(H3,23,24,25,26,27,28,29,30);/q;+1/p-1. The number of ether oxygens (including phenoxy) is 1. The van der Waals surface area contributed by atoms with E-state index in [0.717, 1.165) is 5.56 Å². The van der Waals surface area contributed by atoms with Crippen molar-refractivity contribution in [3.8, 4) is 5.75 Å². The molecule has 2 amide bonds. The molecule has 0 bridgehead atoms. The van der Waals surface area contributed by atoms with Crippen molar-refractivity contribution < 1.29 is 43.1 Å². The predicted molar refractivity (Wildman–Crippen MR) is 112 cm³/mol. The van der Waals surface area contributed by atoms with Gasteiger partial charge in [0.2, 0.25) is 5.91 Å². The van der Waals surface area contributed by atoms with E-state index in [1.807, 2.05) is 12.1 Å². The first-order chi connectivity index (χ1) is 14.9. The molecule has 0 radical (unpaired) electrons. The maximum absolute atomic E-state index is 12.3. The molecule has 158 valence electrons. The Kier molecular flexibility index (Phi) is 8.95. The van der Waals surface area contributed by atoms with Gasteiger partial charge in [-0.05, 0) is 29.8 Å².